The molecule has 0 radical (unpaired) electrons. The normalized spacial score (nSPS) is 10.2. The standard InChI is InChI=1S/C8H8ClN5O/c9-6-7(13-4-14-8(6)15)12-3-5-10-1-2-11-5/h1-2,4H,3H2,(H,10,11)(H2,12,13,14,15). The smallest absolute Gasteiger partial charge is 0.271 e. The zero-order chi connectivity index (χ0) is 10.7. The molecule has 0 aliphatic rings. The number of halogens is 1. The summed E-state index contributed by atoms with van der Waals surface area (Å²) < 4.78 is 0. The first-order valence-electron chi connectivity index (χ1n) is 4.22. The molecule has 0 aromatic carbocycles. The second kappa shape index (κ2) is 4.14. The second-order valence-electron chi connectivity index (χ2n) is 2.78. The molecule has 0 amide bonds. The van der Waals surface area contributed by atoms with E-state index in [9.17, 15) is 4.79 Å². The fraction of sp³-hybridized carbons (Fsp3) is 0.125. The van der Waals surface area contributed by atoms with Crippen molar-refractivity contribution in [3.63, 3.8) is 0 Å². The molecule has 2 aromatic heterocycles. The highest BCUT2D eigenvalue weighted by molar-refractivity contribution is 6.32. The number of imidazole rings is 1. The minimum absolute atomic E-state index is 0.0454. The predicted octanol–water partition coefficient (Wildman–Crippen LogP) is 0.758. The van der Waals surface area contributed by atoms with E-state index in [0.29, 0.717) is 12.4 Å². The molecule has 6 nitrogen and oxygen atoms in total. The number of aromatic nitrogens is 4. The Hall–Kier alpha value is -1.82. The maximum Gasteiger partial charge on any atom is 0.271 e. The van der Waals surface area contributed by atoms with Crippen LogP contribution in [0.5, 0.6) is 0 Å². The lowest BCUT2D eigenvalue weighted by atomic mass is 10.5. The van der Waals surface area contributed by atoms with Crippen LogP contribution in [0.15, 0.2) is 23.5 Å². The first-order chi connectivity index (χ1) is 7.27. The predicted molar refractivity (Wildman–Crippen MR) is 55.8 cm³/mol. The molecule has 0 aliphatic carbocycles. The number of H-pyrrole nitrogens is 2. The van der Waals surface area contributed by atoms with E-state index < -0.39 is 0 Å². The molecule has 15 heavy (non-hydrogen) atoms. The zero-order valence-electron chi connectivity index (χ0n) is 7.62. The molecule has 0 saturated carbocycles. The third-order valence-corrected chi connectivity index (χ3v) is 2.13. The Balaban J connectivity index is 2.12. The molecule has 7 heteroatoms. The van der Waals surface area contributed by atoms with Crippen molar-refractivity contribution >= 4 is 17.4 Å². The number of anilines is 1. The molecule has 2 aromatic rings. The molecule has 0 unspecified atom stereocenters. The monoisotopic (exact) mass is 225 g/mol. The number of hydrogen-bond acceptors (Lipinski definition) is 4. The minimum Gasteiger partial charge on any atom is -0.361 e. The second-order valence-corrected chi connectivity index (χ2v) is 3.16. The zero-order valence-corrected chi connectivity index (χ0v) is 8.38. The molecule has 0 aliphatic heterocycles. The van der Waals surface area contributed by atoms with Gasteiger partial charge >= 0.3 is 0 Å². The third kappa shape index (κ3) is 2.16. The lowest BCUT2D eigenvalue weighted by Gasteiger charge is -2.03. The molecule has 2 heterocycles. The molecule has 0 saturated heterocycles. The van der Waals surface area contributed by atoms with Gasteiger partial charge < -0.3 is 15.3 Å². The van der Waals surface area contributed by atoms with Crippen molar-refractivity contribution in [2.24, 2.45) is 0 Å². The molecule has 2 rings (SSSR count). The van der Waals surface area contributed by atoms with Gasteiger partial charge in [0, 0.05) is 12.4 Å². The van der Waals surface area contributed by atoms with Crippen LogP contribution in [0.3, 0.4) is 0 Å². The molecule has 0 spiro atoms. The summed E-state index contributed by atoms with van der Waals surface area (Å²) in [6.07, 6.45) is 4.65. The topological polar surface area (TPSA) is 86.5 Å². The van der Waals surface area contributed by atoms with Gasteiger partial charge in [-0.2, -0.15) is 0 Å². The van der Waals surface area contributed by atoms with Crippen LogP contribution in [0.25, 0.3) is 0 Å². The largest absolute Gasteiger partial charge is 0.361 e. The van der Waals surface area contributed by atoms with Gasteiger partial charge in [-0.1, -0.05) is 11.6 Å². The Morgan fingerprint density at radius 3 is 3.00 bits per heavy atom. The number of rotatable bonds is 3. The van der Waals surface area contributed by atoms with E-state index in [2.05, 4.69) is 25.3 Å². The molecular weight excluding hydrogens is 218 g/mol. The third-order valence-electron chi connectivity index (χ3n) is 1.77. The van der Waals surface area contributed by atoms with Gasteiger partial charge in [0.1, 0.15) is 10.8 Å². The van der Waals surface area contributed by atoms with E-state index in [0.717, 1.165) is 5.82 Å². The van der Waals surface area contributed by atoms with Crippen LogP contribution in [0.2, 0.25) is 5.02 Å². The molecule has 0 fully saturated rings. The highest BCUT2D eigenvalue weighted by atomic mass is 35.5. The van der Waals surface area contributed by atoms with Crippen LogP contribution in [-0.2, 0) is 6.54 Å². The highest BCUT2D eigenvalue weighted by Crippen LogP contribution is 2.12. The SMILES string of the molecule is O=c1[nH]cnc(NCc2ncc[nH]2)c1Cl. The molecule has 78 valence electrons. The lowest BCUT2D eigenvalue weighted by molar-refractivity contribution is 0.978. The summed E-state index contributed by atoms with van der Waals surface area (Å²) in [4.78, 5) is 24.3. The summed E-state index contributed by atoms with van der Waals surface area (Å²) in [5.74, 6) is 1.09. The Kier molecular flexibility index (Phi) is 2.68. The highest BCUT2D eigenvalue weighted by Gasteiger charge is 2.05. The van der Waals surface area contributed by atoms with Crippen LogP contribution in [0, 0.1) is 0 Å². The number of aromatic amines is 2. The van der Waals surface area contributed by atoms with Crippen LogP contribution < -0.4 is 10.9 Å². The summed E-state index contributed by atoms with van der Waals surface area (Å²) >= 11 is 5.73. The van der Waals surface area contributed by atoms with Crippen LogP contribution in [0.4, 0.5) is 5.82 Å². The molecule has 0 bridgehead atoms. The number of nitrogens with zero attached hydrogens (tertiary/aromatic N) is 2. The van der Waals surface area contributed by atoms with E-state index in [-0.39, 0.29) is 10.6 Å². The van der Waals surface area contributed by atoms with E-state index in [1.54, 1.807) is 12.4 Å². The van der Waals surface area contributed by atoms with Gasteiger partial charge in [-0.05, 0) is 0 Å². The Morgan fingerprint density at radius 2 is 2.27 bits per heavy atom. The first-order valence-corrected chi connectivity index (χ1v) is 4.60. The van der Waals surface area contributed by atoms with E-state index in [1.807, 2.05) is 0 Å². The summed E-state index contributed by atoms with van der Waals surface area (Å²) in [5.41, 5.74) is -0.367. The average Bonchev–Trinajstić information content (AvgIpc) is 2.73. The lowest BCUT2D eigenvalue weighted by Crippen LogP contribution is -2.12. The van der Waals surface area contributed by atoms with Gasteiger partial charge in [0.05, 0.1) is 12.9 Å². The summed E-state index contributed by atoms with van der Waals surface area (Å²) in [7, 11) is 0. The van der Waals surface area contributed by atoms with E-state index in [4.69, 9.17) is 11.6 Å². The summed E-state index contributed by atoms with van der Waals surface area (Å²) in [5, 5.41) is 2.94. The Morgan fingerprint density at radius 1 is 1.40 bits per heavy atom. The van der Waals surface area contributed by atoms with E-state index >= 15 is 0 Å². The number of hydrogen-bond donors (Lipinski definition) is 3. The van der Waals surface area contributed by atoms with Gasteiger partial charge in [0.15, 0.2) is 5.82 Å². The van der Waals surface area contributed by atoms with Crippen molar-refractivity contribution in [3.8, 4) is 0 Å². The summed E-state index contributed by atoms with van der Waals surface area (Å²) in [6, 6.07) is 0. The maximum absolute atomic E-state index is 11.1. The quantitative estimate of drug-likeness (QED) is 0.720. The van der Waals surface area contributed by atoms with Crippen molar-refractivity contribution in [1.29, 1.82) is 0 Å². The van der Waals surface area contributed by atoms with Crippen LogP contribution >= 0.6 is 11.6 Å². The van der Waals surface area contributed by atoms with Crippen molar-refractivity contribution in [1.82, 2.24) is 19.9 Å². The number of nitrogens with one attached hydrogen (secondary N) is 3. The van der Waals surface area contributed by atoms with E-state index in [1.165, 1.54) is 6.33 Å². The van der Waals surface area contributed by atoms with Crippen molar-refractivity contribution in [2.75, 3.05) is 5.32 Å². The van der Waals surface area contributed by atoms with Crippen molar-refractivity contribution in [2.45, 2.75) is 6.54 Å². The van der Waals surface area contributed by atoms with Crippen LogP contribution in [0.1, 0.15) is 5.82 Å². The fourth-order valence-corrected chi connectivity index (χ4v) is 1.24. The van der Waals surface area contributed by atoms with Crippen molar-refractivity contribution < 1.29 is 0 Å². The first kappa shape index (κ1) is 9.72. The van der Waals surface area contributed by atoms with Gasteiger partial charge in [-0.3, -0.25) is 4.79 Å². The average molecular weight is 226 g/mol. The molecule has 0 atom stereocenters. The molecule has 3 N–H and O–H groups in total. The molecular formula is C8H8ClN5O. The van der Waals surface area contributed by atoms with Gasteiger partial charge in [0.25, 0.3) is 5.56 Å². The fourth-order valence-electron chi connectivity index (χ4n) is 1.07. The maximum atomic E-state index is 11.1. The van der Waals surface area contributed by atoms with Crippen LogP contribution in [-0.4, -0.2) is 19.9 Å². The minimum atomic E-state index is -0.367. The Labute approximate surface area is 89.7 Å². The van der Waals surface area contributed by atoms with Gasteiger partial charge in [-0.15, -0.1) is 0 Å². The van der Waals surface area contributed by atoms with Gasteiger partial charge in [-0.25, -0.2) is 9.97 Å². The Bertz CT molecular complexity index is 492. The van der Waals surface area contributed by atoms with Gasteiger partial charge in [0.2, 0.25) is 0 Å². The van der Waals surface area contributed by atoms with Crippen molar-refractivity contribution in [3.05, 3.63) is 39.9 Å². The summed E-state index contributed by atoms with van der Waals surface area (Å²) in [6.45, 7) is 0.434.